The van der Waals surface area contributed by atoms with Gasteiger partial charge < -0.3 is 26.0 Å². The summed E-state index contributed by atoms with van der Waals surface area (Å²) in [6.07, 6.45) is 1.73. The third-order valence-corrected chi connectivity index (χ3v) is 5.14. The standard InChI is InChI=1S/C25H24FN5O2/c1-2-33-19-12-13-21(26)20(14-19)23(29-18-10-8-17(9-11-18)24(27)31-32)25-28-15-22(30-25)16-6-4-3-5-7-16/h3-15,23,29,32H,2H2,1H3,(H2,27,31)(H,28,30). The fourth-order valence-corrected chi connectivity index (χ4v) is 3.50. The van der Waals surface area contributed by atoms with E-state index in [9.17, 15) is 4.39 Å². The number of nitrogens with one attached hydrogen (secondary N) is 2. The average Bonchev–Trinajstić information content (AvgIpc) is 3.34. The minimum Gasteiger partial charge on any atom is -0.494 e. The van der Waals surface area contributed by atoms with Crippen LogP contribution >= 0.6 is 0 Å². The molecule has 0 bridgehead atoms. The number of imidazole rings is 1. The molecule has 7 nitrogen and oxygen atoms in total. The summed E-state index contributed by atoms with van der Waals surface area (Å²) in [5.41, 5.74) is 9.10. The van der Waals surface area contributed by atoms with Crippen LogP contribution in [-0.4, -0.2) is 27.6 Å². The number of aromatic amines is 1. The molecule has 1 unspecified atom stereocenters. The molecule has 0 aliphatic carbocycles. The summed E-state index contributed by atoms with van der Waals surface area (Å²) in [5, 5.41) is 15.2. The van der Waals surface area contributed by atoms with Crippen molar-refractivity contribution in [2.24, 2.45) is 10.9 Å². The molecule has 8 heteroatoms. The summed E-state index contributed by atoms with van der Waals surface area (Å²) in [6, 6.07) is 20.8. The average molecular weight is 445 g/mol. The van der Waals surface area contributed by atoms with E-state index < -0.39 is 6.04 Å². The van der Waals surface area contributed by atoms with Gasteiger partial charge >= 0.3 is 0 Å². The molecule has 3 aromatic carbocycles. The van der Waals surface area contributed by atoms with Crippen molar-refractivity contribution in [1.82, 2.24) is 9.97 Å². The molecular formula is C25H24FN5O2. The number of H-pyrrole nitrogens is 1. The summed E-state index contributed by atoms with van der Waals surface area (Å²) in [6.45, 7) is 2.34. The van der Waals surface area contributed by atoms with Crippen LogP contribution in [0.25, 0.3) is 11.3 Å². The Morgan fingerprint density at radius 2 is 1.91 bits per heavy atom. The molecule has 168 valence electrons. The van der Waals surface area contributed by atoms with Crippen LogP contribution in [0.1, 0.15) is 29.9 Å². The van der Waals surface area contributed by atoms with E-state index in [2.05, 4.69) is 20.4 Å². The fourth-order valence-electron chi connectivity index (χ4n) is 3.50. The topological polar surface area (TPSA) is 109 Å². The van der Waals surface area contributed by atoms with Crippen LogP contribution in [0.3, 0.4) is 0 Å². The van der Waals surface area contributed by atoms with Gasteiger partial charge in [-0.05, 0) is 55.0 Å². The van der Waals surface area contributed by atoms with E-state index in [1.807, 2.05) is 37.3 Å². The lowest BCUT2D eigenvalue weighted by atomic mass is 10.0. The number of hydrogen-bond acceptors (Lipinski definition) is 5. The first kappa shape index (κ1) is 21.9. The Morgan fingerprint density at radius 3 is 2.61 bits per heavy atom. The van der Waals surface area contributed by atoms with Crippen LogP contribution in [-0.2, 0) is 0 Å². The molecule has 4 aromatic rings. The molecule has 4 rings (SSSR count). The molecule has 0 saturated heterocycles. The lowest BCUT2D eigenvalue weighted by molar-refractivity contribution is 0.318. The molecule has 0 amide bonds. The van der Waals surface area contributed by atoms with Crippen molar-refractivity contribution >= 4 is 11.5 Å². The van der Waals surface area contributed by atoms with Gasteiger partial charge in [0, 0.05) is 16.8 Å². The van der Waals surface area contributed by atoms with Gasteiger partial charge in [-0.15, -0.1) is 0 Å². The van der Waals surface area contributed by atoms with Crippen LogP contribution in [0.2, 0.25) is 0 Å². The molecule has 5 N–H and O–H groups in total. The number of benzene rings is 3. The van der Waals surface area contributed by atoms with Gasteiger partial charge in [-0.25, -0.2) is 9.37 Å². The van der Waals surface area contributed by atoms with Gasteiger partial charge in [0.25, 0.3) is 0 Å². The largest absolute Gasteiger partial charge is 0.494 e. The third kappa shape index (κ3) is 4.95. The second kappa shape index (κ2) is 9.86. The second-order valence-corrected chi connectivity index (χ2v) is 7.30. The first-order valence-electron chi connectivity index (χ1n) is 10.5. The molecule has 0 radical (unpaired) electrons. The van der Waals surface area contributed by atoms with Crippen LogP contribution in [0.4, 0.5) is 10.1 Å². The Morgan fingerprint density at radius 1 is 1.15 bits per heavy atom. The van der Waals surface area contributed by atoms with Crippen LogP contribution < -0.4 is 15.8 Å². The summed E-state index contributed by atoms with van der Waals surface area (Å²) >= 11 is 0. The number of oxime groups is 1. The van der Waals surface area contributed by atoms with Crippen molar-refractivity contribution < 1.29 is 14.3 Å². The zero-order chi connectivity index (χ0) is 23.2. The number of hydrogen-bond donors (Lipinski definition) is 4. The van der Waals surface area contributed by atoms with E-state index in [1.54, 1.807) is 42.6 Å². The summed E-state index contributed by atoms with van der Waals surface area (Å²) in [4.78, 5) is 7.86. The zero-order valence-corrected chi connectivity index (χ0v) is 18.0. The molecule has 33 heavy (non-hydrogen) atoms. The van der Waals surface area contributed by atoms with E-state index in [-0.39, 0.29) is 11.7 Å². The number of rotatable bonds is 8. The predicted molar refractivity (Wildman–Crippen MR) is 126 cm³/mol. The number of aromatic nitrogens is 2. The van der Waals surface area contributed by atoms with E-state index >= 15 is 0 Å². The van der Waals surface area contributed by atoms with E-state index in [4.69, 9.17) is 15.7 Å². The lowest BCUT2D eigenvalue weighted by Crippen LogP contribution is -2.16. The maximum Gasteiger partial charge on any atom is 0.170 e. The van der Waals surface area contributed by atoms with Gasteiger partial charge in [0.2, 0.25) is 0 Å². The molecule has 0 spiro atoms. The molecule has 1 heterocycles. The monoisotopic (exact) mass is 445 g/mol. The van der Waals surface area contributed by atoms with Crippen molar-refractivity contribution in [1.29, 1.82) is 0 Å². The van der Waals surface area contributed by atoms with Crippen molar-refractivity contribution in [3.05, 3.63) is 102 Å². The van der Waals surface area contributed by atoms with Gasteiger partial charge in [0.15, 0.2) is 5.84 Å². The lowest BCUT2D eigenvalue weighted by Gasteiger charge is -2.20. The Bertz CT molecular complexity index is 1240. The number of amidine groups is 1. The molecule has 0 aliphatic heterocycles. The van der Waals surface area contributed by atoms with Gasteiger partial charge in [0.1, 0.15) is 23.4 Å². The minimum absolute atomic E-state index is 0.00657. The van der Waals surface area contributed by atoms with Crippen molar-refractivity contribution in [3.8, 4) is 17.0 Å². The van der Waals surface area contributed by atoms with E-state index in [1.165, 1.54) is 6.07 Å². The SMILES string of the molecule is CCOc1ccc(F)c(C(Nc2ccc(/C(N)=N/O)cc2)c2ncc(-c3ccccc3)[nH]2)c1. The van der Waals surface area contributed by atoms with Crippen molar-refractivity contribution in [3.63, 3.8) is 0 Å². The van der Waals surface area contributed by atoms with E-state index in [0.29, 0.717) is 35.0 Å². The highest BCUT2D eigenvalue weighted by Crippen LogP contribution is 2.31. The highest BCUT2D eigenvalue weighted by atomic mass is 19.1. The molecular weight excluding hydrogens is 421 g/mol. The Balaban J connectivity index is 1.73. The van der Waals surface area contributed by atoms with Gasteiger partial charge in [0.05, 0.1) is 18.5 Å². The highest BCUT2D eigenvalue weighted by Gasteiger charge is 2.22. The molecule has 1 atom stereocenters. The summed E-state index contributed by atoms with van der Waals surface area (Å²) in [5.74, 6) is 0.730. The maximum absolute atomic E-state index is 15.0. The summed E-state index contributed by atoms with van der Waals surface area (Å²) in [7, 11) is 0. The third-order valence-electron chi connectivity index (χ3n) is 5.14. The Kier molecular flexibility index (Phi) is 6.54. The van der Waals surface area contributed by atoms with Gasteiger partial charge in [-0.3, -0.25) is 0 Å². The summed E-state index contributed by atoms with van der Waals surface area (Å²) < 4.78 is 20.6. The first-order valence-corrected chi connectivity index (χ1v) is 10.5. The minimum atomic E-state index is -0.627. The number of halogens is 1. The Labute approximate surface area is 190 Å². The van der Waals surface area contributed by atoms with E-state index in [0.717, 1.165) is 11.3 Å². The first-order chi connectivity index (χ1) is 16.1. The van der Waals surface area contributed by atoms with Crippen LogP contribution in [0, 0.1) is 5.82 Å². The number of anilines is 1. The van der Waals surface area contributed by atoms with Gasteiger partial charge in [-0.2, -0.15) is 0 Å². The molecule has 0 aliphatic rings. The fraction of sp³-hybridized carbons (Fsp3) is 0.120. The van der Waals surface area contributed by atoms with Crippen molar-refractivity contribution in [2.45, 2.75) is 13.0 Å². The van der Waals surface area contributed by atoms with Crippen molar-refractivity contribution in [2.75, 3.05) is 11.9 Å². The molecule has 0 fully saturated rings. The molecule has 1 aromatic heterocycles. The number of nitrogens with two attached hydrogens (primary N) is 1. The molecule has 0 saturated carbocycles. The maximum atomic E-state index is 15.0. The number of ether oxygens (including phenoxy) is 1. The van der Waals surface area contributed by atoms with Gasteiger partial charge in [-0.1, -0.05) is 35.5 Å². The van der Waals surface area contributed by atoms with Crippen LogP contribution in [0.15, 0.2) is 84.1 Å². The smallest absolute Gasteiger partial charge is 0.170 e. The quantitative estimate of drug-likeness (QED) is 0.133. The highest BCUT2D eigenvalue weighted by molar-refractivity contribution is 5.97. The second-order valence-electron chi connectivity index (χ2n) is 7.30. The normalized spacial score (nSPS) is 12.4. The number of nitrogens with zero attached hydrogens (tertiary/aromatic N) is 2. The van der Waals surface area contributed by atoms with Crippen LogP contribution in [0.5, 0.6) is 5.75 Å². The zero-order valence-electron chi connectivity index (χ0n) is 18.0. The predicted octanol–water partition coefficient (Wildman–Crippen LogP) is 4.91. The Hall–Kier alpha value is -4.33.